The minimum atomic E-state index is -1.19. The van der Waals surface area contributed by atoms with Gasteiger partial charge in [0.1, 0.15) is 23.0 Å². The highest BCUT2D eigenvalue weighted by molar-refractivity contribution is 5.99. The Balaban J connectivity index is 1.29. The number of aromatic hydroxyl groups is 1. The first kappa shape index (κ1) is 20.3. The predicted molar refractivity (Wildman–Crippen MR) is 105 cm³/mol. The molecule has 1 saturated heterocycles. The van der Waals surface area contributed by atoms with Gasteiger partial charge in [-0.25, -0.2) is 13.2 Å². The highest BCUT2D eigenvalue weighted by Crippen LogP contribution is 2.67. The number of amides is 2. The zero-order valence-electron chi connectivity index (χ0n) is 17.1. The van der Waals surface area contributed by atoms with Crippen LogP contribution in [-0.4, -0.2) is 44.8 Å². The number of carbonyl (C=O) groups excluding carboxylic acids is 2. The number of ether oxygens (including phenoxy) is 1. The molecule has 2 aromatic rings. The molecule has 3 fully saturated rings. The van der Waals surface area contributed by atoms with Crippen LogP contribution in [0.1, 0.15) is 45.7 Å². The lowest BCUT2D eigenvalue weighted by atomic mass is 9.76. The molecule has 0 bridgehead atoms. The van der Waals surface area contributed by atoms with Crippen molar-refractivity contribution in [3.05, 3.63) is 62.8 Å². The van der Waals surface area contributed by atoms with Crippen molar-refractivity contribution < 1.29 is 32.6 Å². The number of fused-ring (bicyclic) bond motifs is 3. The van der Waals surface area contributed by atoms with Gasteiger partial charge in [-0.2, -0.15) is 0 Å². The van der Waals surface area contributed by atoms with E-state index < -0.39 is 64.3 Å². The first-order valence-corrected chi connectivity index (χ1v) is 10.6. The van der Waals surface area contributed by atoms with Crippen molar-refractivity contribution >= 4 is 11.8 Å². The molecule has 172 valence electrons. The van der Waals surface area contributed by atoms with Crippen molar-refractivity contribution in [3.8, 4) is 5.75 Å². The van der Waals surface area contributed by atoms with Crippen molar-refractivity contribution in [2.24, 2.45) is 5.41 Å². The fourth-order valence-corrected chi connectivity index (χ4v) is 5.46. The maximum atomic E-state index is 13.8. The molecule has 8 nitrogen and oxygen atoms in total. The quantitative estimate of drug-likeness (QED) is 0.724. The van der Waals surface area contributed by atoms with Gasteiger partial charge in [-0.15, -0.1) is 0 Å². The first-order valence-electron chi connectivity index (χ1n) is 10.6. The summed E-state index contributed by atoms with van der Waals surface area (Å²) >= 11 is 0. The molecule has 2 aliphatic carbocycles. The van der Waals surface area contributed by atoms with Gasteiger partial charge in [0.15, 0.2) is 17.7 Å². The van der Waals surface area contributed by atoms with E-state index in [1.54, 1.807) is 4.90 Å². The molecular formula is C22H18F3N3O5. The van der Waals surface area contributed by atoms with E-state index in [9.17, 15) is 32.7 Å². The van der Waals surface area contributed by atoms with Crippen molar-refractivity contribution in [2.45, 2.75) is 50.7 Å². The molecule has 2 N–H and O–H groups in total. The Bertz CT molecular complexity index is 1290. The zero-order valence-corrected chi connectivity index (χ0v) is 17.1. The Morgan fingerprint density at radius 2 is 1.97 bits per heavy atom. The minimum absolute atomic E-state index is 0.00499. The van der Waals surface area contributed by atoms with Crippen molar-refractivity contribution in [3.63, 3.8) is 0 Å². The molecule has 4 aliphatic rings. The molecule has 11 heteroatoms. The number of aromatic nitrogens is 1. The molecule has 4 atom stereocenters. The summed E-state index contributed by atoms with van der Waals surface area (Å²) in [5.74, 6) is -5.89. The lowest BCUT2D eigenvalue weighted by Gasteiger charge is -2.50. The number of nitrogens with zero attached hydrogens (tertiary/aromatic N) is 2. The SMILES string of the molecule is O=C(NCc1c(F)cc(F)cc1F)c1cn2c(c(O)c1=O)C(=O)N1[C@@H](C2)O[C@@H]2CCC23C[C@@H]13. The number of benzene rings is 1. The summed E-state index contributed by atoms with van der Waals surface area (Å²) in [6.07, 6.45) is 3.37. The topological polar surface area (TPSA) is 101 Å². The highest BCUT2D eigenvalue weighted by atomic mass is 19.1. The van der Waals surface area contributed by atoms with Gasteiger partial charge in [-0.3, -0.25) is 14.4 Å². The highest BCUT2D eigenvalue weighted by Gasteiger charge is 2.72. The molecule has 2 aliphatic heterocycles. The van der Waals surface area contributed by atoms with E-state index in [1.165, 1.54) is 4.57 Å². The van der Waals surface area contributed by atoms with Crippen LogP contribution in [0.3, 0.4) is 0 Å². The summed E-state index contributed by atoms with van der Waals surface area (Å²) in [4.78, 5) is 40.0. The molecule has 3 heterocycles. The van der Waals surface area contributed by atoms with Gasteiger partial charge in [0.2, 0.25) is 5.43 Å². The van der Waals surface area contributed by atoms with Gasteiger partial charge >= 0.3 is 0 Å². The number of hydrogen-bond donors (Lipinski definition) is 2. The zero-order chi connectivity index (χ0) is 23.2. The van der Waals surface area contributed by atoms with Crippen LogP contribution in [0.25, 0.3) is 0 Å². The van der Waals surface area contributed by atoms with Crippen LogP contribution >= 0.6 is 0 Å². The van der Waals surface area contributed by atoms with Crippen LogP contribution in [0, 0.1) is 22.9 Å². The lowest BCUT2D eigenvalue weighted by molar-refractivity contribution is -0.196. The van der Waals surface area contributed by atoms with Crippen LogP contribution in [0.4, 0.5) is 13.2 Å². The smallest absolute Gasteiger partial charge is 0.276 e. The average Bonchev–Trinajstić information content (AvgIpc) is 3.50. The first-order chi connectivity index (χ1) is 15.7. The molecule has 1 spiro atoms. The minimum Gasteiger partial charge on any atom is -0.503 e. The number of halogens is 3. The van der Waals surface area contributed by atoms with E-state index in [4.69, 9.17) is 4.74 Å². The van der Waals surface area contributed by atoms with E-state index in [1.807, 2.05) is 0 Å². The Morgan fingerprint density at radius 1 is 1.24 bits per heavy atom. The molecule has 33 heavy (non-hydrogen) atoms. The maximum Gasteiger partial charge on any atom is 0.276 e. The number of nitrogens with one attached hydrogen (secondary N) is 1. The normalized spacial score (nSPS) is 28.8. The fraction of sp³-hybridized carbons (Fsp3) is 0.409. The number of hydrogen-bond acceptors (Lipinski definition) is 5. The Hall–Kier alpha value is -3.34. The van der Waals surface area contributed by atoms with Crippen molar-refractivity contribution in [2.75, 3.05) is 0 Å². The standard InChI is InChI=1S/C22H18F3N3O5/c23-9-3-12(24)10(13(25)4-9)6-26-20(31)11-7-27-8-16-28(21(32)17(27)19(30)18(11)29)14-5-22(14)2-1-15(22)33-16/h3-4,7,14-16,30H,1-2,5-6,8H2,(H,26,31)/t14-,15-,16-,22?/m1/s1. The molecule has 1 unspecified atom stereocenters. The van der Waals surface area contributed by atoms with Gasteiger partial charge in [-0.1, -0.05) is 0 Å². The van der Waals surface area contributed by atoms with Gasteiger partial charge in [0.25, 0.3) is 11.8 Å². The van der Waals surface area contributed by atoms with Crippen LogP contribution in [0.2, 0.25) is 0 Å². The predicted octanol–water partition coefficient (Wildman–Crippen LogP) is 1.63. The van der Waals surface area contributed by atoms with E-state index in [0.29, 0.717) is 12.1 Å². The van der Waals surface area contributed by atoms with E-state index >= 15 is 0 Å². The van der Waals surface area contributed by atoms with Crippen LogP contribution in [0.5, 0.6) is 5.75 Å². The third-order valence-corrected chi connectivity index (χ3v) is 7.38. The van der Waals surface area contributed by atoms with Gasteiger partial charge in [0, 0.05) is 41.9 Å². The second-order valence-electron chi connectivity index (χ2n) is 9.04. The fourth-order valence-electron chi connectivity index (χ4n) is 5.46. The van der Waals surface area contributed by atoms with E-state index in [2.05, 4.69) is 5.32 Å². The van der Waals surface area contributed by atoms with Crippen LogP contribution < -0.4 is 10.7 Å². The van der Waals surface area contributed by atoms with E-state index in [-0.39, 0.29) is 29.8 Å². The summed E-state index contributed by atoms with van der Waals surface area (Å²) in [7, 11) is 0. The lowest BCUT2D eigenvalue weighted by Crippen LogP contribution is -2.61. The third kappa shape index (κ3) is 2.71. The second-order valence-corrected chi connectivity index (χ2v) is 9.04. The Labute approximate surface area is 184 Å². The summed E-state index contributed by atoms with van der Waals surface area (Å²) in [5, 5.41) is 12.7. The molecule has 1 aromatic heterocycles. The Morgan fingerprint density at radius 3 is 2.64 bits per heavy atom. The Kier molecular flexibility index (Phi) is 4.05. The number of carbonyl (C=O) groups is 2. The largest absolute Gasteiger partial charge is 0.503 e. The maximum absolute atomic E-state index is 13.8. The summed E-state index contributed by atoms with van der Waals surface area (Å²) in [5.41, 5.74) is -2.38. The van der Waals surface area contributed by atoms with Gasteiger partial charge in [-0.05, 0) is 19.3 Å². The van der Waals surface area contributed by atoms with Gasteiger partial charge in [0.05, 0.1) is 12.6 Å². The average molecular weight is 461 g/mol. The summed E-state index contributed by atoms with van der Waals surface area (Å²) in [6, 6.07) is 0.972. The molecule has 6 rings (SSSR count). The van der Waals surface area contributed by atoms with Crippen molar-refractivity contribution in [1.82, 2.24) is 14.8 Å². The second kappa shape index (κ2) is 6.60. The monoisotopic (exact) mass is 461 g/mol. The third-order valence-electron chi connectivity index (χ3n) is 7.38. The van der Waals surface area contributed by atoms with E-state index in [0.717, 1.165) is 25.5 Å². The summed E-state index contributed by atoms with van der Waals surface area (Å²) < 4.78 is 48.1. The number of pyridine rings is 1. The molecular weight excluding hydrogens is 443 g/mol. The molecule has 1 aromatic carbocycles. The molecule has 0 radical (unpaired) electrons. The molecule has 2 saturated carbocycles. The van der Waals surface area contributed by atoms with Crippen LogP contribution in [-0.2, 0) is 17.8 Å². The van der Waals surface area contributed by atoms with Crippen molar-refractivity contribution in [1.29, 1.82) is 0 Å². The van der Waals surface area contributed by atoms with Gasteiger partial charge < -0.3 is 24.6 Å². The number of rotatable bonds is 3. The molecule has 2 amide bonds. The summed E-state index contributed by atoms with van der Waals surface area (Å²) in [6.45, 7) is -0.526. The van der Waals surface area contributed by atoms with Crippen LogP contribution in [0.15, 0.2) is 23.1 Å².